The van der Waals surface area contributed by atoms with Crippen LogP contribution in [0.2, 0.25) is 0 Å². The molecule has 1 saturated heterocycles. The molecule has 1 aliphatic heterocycles. The summed E-state index contributed by atoms with van der Waals surface area (Å²) in [6.07, 6.45) is 1.62. The standard InChI is InChI=1S/C15H18FNO2/c1-4-12-8-13(14(16)7-10(12)2)15(18)17-5-6-19-11(3)9-17/h4,7-8,11H,1,5-6,9H2,2-3H3. The number of morpholine rings is 1. The van der Waals surface area contributed by atoms with Crippen molar-refractivity contribution in [1.82, 2.24) is 4.90 Å². The van der Waals surface area contributed by atoms with E-state index in [-0.39, 0.29) is 17.6 Å². The van der Waals surface area contributed by atoms with Crippen LogP contribution in [-0.2, 0) is 4.74 Å². The Balaban J connectivity index is 2.30. The molecule has 2 rings (SSSR count). The molecule has 0 bridgehead atoms. The largest absolute Gasteiger partial charge is 0.375 e. The van der Waals surface area contributed by atoms with Crippen molar-refractivity contribution in [2.45, 2.75) is 20.0 Å². The number of hydrogen-bond acceptors (Lipinski definition) is 2. The summed E-state index contributed by atoms with van der Waals surface area (Å²) in [6, 6.07) is 2.95. The number of aryl methyl sites for hydroxylation is 1. The first-order valence-corrected chi connectivity index (χ1v) is 6.36. The molecule has 0 spiro atoms. The minimum absolute atomic E-state index is 0.00918. The third kappa shape index (κ3) is 2.84. The lowest BCUT2D eigenvalue weighted by atomic mass is 10.0. The second-order valence-corrected chi connectivity index (χ2v) is 4.83. The first-order chi connectivity index (χ1) is 9.02. The zero-order valence-electron chi connectivity index (χ0n) is 11.3. The molecule has 4 heteroatoms. The third-order valence-electron chi connectivity index (χ3n) is 3.33. The zero-order valence-corrected chi connectivity index (χ0v) is 11.3. The van der Waals surface area contributed by atoms with E-state index < -0.39 is 5.82 Å². The van der Waals surface area contributed by atoms with Crippen molar-refractivity contribution < 1.29 is 13.9 Å². The molecule has 1 atom stereocenters. The van der Waals surface area contributed by atoms with Crippen LogP contribution >= 0.6 is 0 Å². The molecule has 102 valence electrons. The van der Waals surface area contributed by atoms with Gasteiger partial charge in [-0.25, -0.2) is 4.39 Å². The van der Waals surface area contributed by atoms with Gasteiger partial charge >= 0.3 is 0 Å². The highest BCUT2D eigenvalue weighted by Gasteiger charge is 2.24. The SMILES string of the molecule is C=Cc1cc(C(=O)N2CCOC(C)C2)c(F)cc1C. The van der Waals surface area contributed by atoms with Crippen LogP contribution in [0.1, 0.15) is 28.4 Å². The van der Waals surface area contributed by atoms with Gasteiger partial charge in [0.25, 0.3) is 5.91 Å². The summed E-state index contributed by atoms with van der Waals surface area (Å²) < 4.78 is 19.3. The lowest BCUT2D eigenvalue weighted by molar-refractivity contribution is -0.0125. The Morgan fingerprint density at radius 3 is 2.95 bits per heavy atom. The lowest BCUT2D eigenvalue weighted by Crippen LogP contribution is -2.44. The van der Waals surface area contributed by atoms with Gasteiger partial charge in [0, 0.05) is 13.1 Å². The average molecular weight is 263 g/mol. The van der Waals surface area contributed by atoms with Crippen LogP contribution in [-0.4, -0.2) is 36.6 Å². The summed E-state index contributed by atoms with van der Waals surface area (Å²) in [5.74, 6) is -0.761. The van der Waals surface area contributed by atoms with Gasteiger partial charge in [0.05, 0.1) is 18.3 Å². The van der Waals surface area contributed by atoms with Crippen LogP contribution in [0.15, 0.2) is 18.7 Å². The number of hydrogen-bond donors (Lipinski definition) is 0. The number of carbonyl (C=O) groups excluding carboxylic acids is 1. The molecule has 1 unspecified atom stereocenters. The molecule has 0 aliphatic carbocycles. The van der Waals surface area contributed by atoms with Gasteiger partial charge in [-0.05, 0) is 37.1 Å². The fourth-order valence-electron chi connectivity index (χ4n) is 2.25. The van der Waals surface area contributed by atoms with E-state index in [1.807, 2.05) is 6.92 Å². The highest BCUT2D eigenvalue weighted by atomic mass is 19.1. The summed E-state index contributed by atoms with van der Waals surface area (Å²) in [4.78, 5) is 14.0. The number of benzene rings is 1. The van der Waals surface area contributed by atoms with Crippen molar-refractivity contribution in [3.63, 3.8) is 0 Å². The summed E-state index contributed by atoms with van der Waals surface area (Å²) in [5.41, 5.74) is 1.67. The van der Waals surface area contributed by atoms with E-state index in [9.17, 15) is 9.18 Å². The molecule has 1 aromatic carbocycles. The van der Waals surface area contributed by atoms with Gasteiger partial charge in [0.2, 0.25) is 0 Å². The van der Waals surface area contributed by atoms with Crippen LogP contribution in [0, 0.1) is 12.7 Å². The highest BCUT2D eigenvalue weighted by molar-refractivity contribution is 5.95. The number of halogens is 1. The normalized spacial score (nSPS) is 19.3. The Morgan fingerprint density at radius 1 is 1.58 bits per heavy atom. The summed E-state index contributed by atoms with van der Waals surface area (Å²) in [6.45, 7) is 8.87. The van der Waals surface area contributed by atoms with E-state index in [1.54, 1.807) is 24.0 Å². The minimum atomic E-state index is -0.479. The van der Waals surface area contributed by atoms with Crippen molar-refractivity contribution in [2.24, 2.45) is 0 Å². The van der Waals surface area contributed by atoms with Gasteiger partial charge in [-0.15, -0.1) is 0 Å². The number of nitrogens with zero attached hydrogens (tertiary/aromatic N) is 1. The Hall–Kier alpha value is -1.68. The molecule has 0 N–H and O–H groups in total. The van der Waals surface area contributed by atoms with E-state index in [0.717, 1.165) is 11.1 Å². The molecule has 0 aromatic heterocycles. The first-order valence-electron chi connectivity index (χ1n) is 6.36. The van der Waals surface area contributed by atoms with Crippen molar-refractivity contribution in [1.29, 1.82) is 0 Å². The van der Waals surface area contributed by atoms with E-state index in [2.05, 4.69) is 6.58 Å². The Bertz CT molecular complexity index is 513. The van der Waals surface area contributed by atoms with Crippen molar-refractivity contribution in [3.05, 3.63) is 41.2 Å². The molecule has 1 aromatic rings. The maximum Gasteiger partial charge on any atom is 0.257 e. The fourth-order valence-corrected chi connectivity index (χ4v) is 2.25. The Labute approximate surface area is 112 Å². The van der Waals surface area contributed by atoms with Crippen LogP contribution in [0.4, 0.5) is 4.39 Å². The maximum atomic E-state index is 14.0. The lowest BCUT2D eigenvalue weighted by Gasteiger charge is -2.31. The molecular formula is C15H18FNO2. The number of ether oxygens (including phenoxy) is 1. The third-order valence-corrected chi connectivity index (χ3v) is 3.33. The van der Waals surface area contributed by atoms with Crippen molar-refractivity contribution in [2.75, 3.05) is 19.7 Å². The van der Waals surface area contributed by atoms with Gasteiger partial charge in [0.15, 0.2) is 0 Å². The molecule has 1 aliphatic rings. The van der Waals surface area contributed by atoms with Crippen LogP contribution in [0.25, 0.3) is 6.08 Å². The Kier molecular flexibility index (Phi) is 4.00. The van der Waals surface area contributed by atoms with Gasteiger partial charge in [0.1, 0.15) is 5.82 Å². The molecule has 3 nitrogen and oxygen atoms in total. The predicted octanol–water partition coefficient (Wildman–Crippen LogP) is 2.64. The van der Waals surface area contributed by atoms with Gasteiger partial charge in [-0.3, -0.25) is 4.79 Å². The van der Waals surface area contributed by atoms with Gasteiger partial charge in [-0.1, -0.05) is 12.7 Å². The number of amides is 1. The highest BCUT2D eigenvalue weighted by Crippen LogP contribution is 2.19. The van der Waals surface area contributed by atoms with Crippen molar-refractivity contribution in [3.8, 4) is 0 Å². The maximum absolute atomic E-state index is 14.0. The fraction of sp³-hybridized carbons (Fsp3) is 0.400. The van der Waals surface area contributed by atoms with E-state index >= 15 is 0 Å². The zero-order chi connectivity index (χ0) is 14.0. The van der Waals surface area contributed by atoms with Crippen LogP contribution in [0.5, 0.6) is 0 Å². The van der Waals surface area contributed by atoms with Gasteiger partial charge in [-0.2, -0.15) is 0 Å². The van der Waals surface area contributed by atoms with E-state index in [0.29, 0.717) is 19.7 Å². The predicted molar refractivity (Wildman–Crippen MR) is 72.5 cm³/mol. The van der Waals surface area contributed by atoms with Gasteiger partial charge < -0.3 is 9.64 Å². The summed E-state index contributed by atoms with van der Waals surface area (Å²) in [7, 11) is 0. The Morgan fingerprint density at radius 2 is 2.32 bits per heavy atom. The number of rotatable bonds is 2. The minimum Gasteiger partial charge on any atom is -0.375 e. The van der Waals surface area contributed by atoms with Crippen LogP contribution in [0.3, 0.4) is 0 Å². The molecule has 1 amide bonds. The summed E-state index contributed by atoms with van der Waals surface area (Å²) >= 11 is 0. The van der Waals surface area contributed by atoms with Crippen molar-refractivity contribution >= 4 is 12.0 Å². The molecule has 0 radical (unpaired) electrons. The van der Waals surface area contributed by atoms with E-state index in [1.165, 1.54) is 6.07 Å². The molecule has 1 fully saturated rings. The topological polar surface area (TPSA) is 29.5 Å². The molecular weight excluding hydrogens is 245 g/mol. The summed E-state index contributed by atoms with van der Waals surface area (Å²) in [5, 5.41) is 0. The molecule has 19 heavy (non-hydrogen) atoms. The van der Waals surface area contributed by atoms with Crippen LogP contribution < -0.4 is 0 Å². The second-order valence-electron chi connectivity index (χ2n) is 4.83. The average Bonchev–Trinajstić information content (AvgIpc) is 2.38. The smallest absolute Gasteiger partial charge is 0.257 e. The first kappa shape index (κ1) is 13.7. The monoisotopic (exact) mass is 263 g/mol. The quantitative estimate of drug-likeness (QED) is 0.821. The molecule has 1 heterocycles. The second kappa shape index (κ2) is 5.53. The number of carbonyl (C=O) groups is 1. The van der Waals surface area contributed by atoms with E-state index in [4.69, 9.17) is 4.74 Å². The molecule has 0 saturated carbocycles.